The highest BCUT2D eigenvalue weighted by molar-refractivity contribution is 5.85. The van der Waals surface area contributed by atoms with Gasteiger partial charge in [-0.25, -0.2) is 4.79 Å². The molecule has 1 heterocycles. The van der Waals surface area contributed by atoms with E-state index in [1.165, 1.54) is 44.1 Å². The average molecular weight is 461 g/mol. The number of carbonyl (C=O) groups is 1. The number of hydrogen-bond donors (Lipinski definition) is 1. The molecule has 4 bridgehead atoms. The van der Waals surface area contributed by atoms with Crippen LogP contribution in [-0.4, -0.2) is 31.4 Å². The van der Waals surface area contributed by atoms with Crippen molar-refractivity contribution in [2.24, 2.45) is 17.8 Å². The molecule has 7 rings (SSSR count). The van der Waals surface area contributed by atoms with Crippen molar-refractivity contribution >= 4 is 12.0 Å². The number of ether oxygens (including phenoxy) is 3. The van der Waals surface area contributed by atoms with Gasteiger partial charge in [-0.1, -0.05) is 30.3 Å². The molecule has 0 amide bonds. The highest BCUT2D eigenvalue weighted by atomic mass is 16.7. The molecule has 4 saturated carbocycles. The predicted octanol–water partition coefficient (Wildman–Crippen LogP) is 5.51. The van der Waals surface area contributed by atoms with Crippen molar-refractivity contribution in [1.82, 2.24) is 0 Å². The second kappa shape index (κ2) is 8.24. The minimum absolute atomic E-state index is 0.265. The zero-order valence-electron chi connectivity index (χ0n) is 19.7. The van der Waals surface area contributed by atoms with Crippen LogP contribution < -0.4 is 4.74 Å². The minimum Gasteiger partial charge on any atom is -0.496 e. The Morgan fingerprint density at radius 3 is 2.09 bits per heavy atom. The molecule has 0 radical (unpaired) electrons. The summed E-state index contributed by atoms with van der Waals surface area (Å²) in [7, 11) is 1.70. The molecule has 2 aromatic rings. The minimum atomic E-state index is -1.03. The smallest absolute Gasteiger partial charge is 0.328 e. The van der Waals surface area contributed by atoms with Gasteiger partial charge in [0.25, 0.3) is 0 Å². The predicted molar refractivity (Wildman–Crippen MR) is 129 cm³/mol. The topological polar surface area (TPSA) is 65.0 Å². The van der Waals surface area contributed by atoms with Crippen LogP contribution in [-0.2, 0) is 25.5 Å². The van der Waals surface area contributed by atoms with Gasteiger partial charge in [0.05, 0.1) is 25.9 Å². The Hall–Kier alpha value is -2.63. The zero-order valence-corrected chi connectivity index (χ0v) is 19.7. The Bertz CT molecular complexity index is 1070. The van der Waals surface area contributed by atoms with Gasteiger partial charge >= 0.3 is 5.97 Å². The second-order valence-electron chi connectivity index (χ2n) is 10.7. The molecule has 5 nitrogen and oxygen atoms in total. The van der Waals surface area contributed by atoms with Gasteiger partial charge < -0.3 is 19.3 Å². The molecule has 178 valence electrons. The van der Waals surface area contributed by atoms with Gasteiger partial charge in [-0.2, -0.15) is 0 Å². The summed E-state index contributed by atoms with van der Waals surface area (Å²) >= 11 is 0. The highest BCUT2D eigenvalue weighted by Crippen LogP contribution is 2.61. The van der Waals surface area contributed by atoms with Crippen molar-refractivity contribution in [3.05, 3.63) is 70.8 Å². The summed E-state index contributed by atoms with van der Waals surface area (Å²) in [6.07, 6.45) is 10.9. The number of carboxylic acid groups (broad SMARTS) is 1. The summed E-state index contributed by atoms with van der Waals surface area (Å²) < 4.78 is 18.5. The van der Waals surface area contributed by atoms with Crippen LogP contribution in [0.5, 0.6) is 5.75 Å². The fourth-order valence-corrected chi connectivity index (χ4v) is 7.63. The lowest BCUT2D eigenvalue weighted by atomic mass is 9.48. The molecule has 0 atom stereocenters. The number of carboxylic acids is 1. The normalized spacial score (nSPS) is 31.3. The molecule has 0 unspecified atom stereocenters. The number of benzene rings is 2. The summed E-state index contributed by atoms with van der Waals surface area (Å²) in [6.45, 7) is 1.01. The molecule has 1 saturated heterocycles. The summed E-state index contributed by atoms with van der Waals surface area (Å²) in [4.78, 5) is 10.9. The van der Waals surface area contributed by atoms with E-state index in [0.29, 0.717) is 13.2 Å². The first kappa shape index (κ1) is 21.9. The third kappa shape index (κ3) is 3.57. The van der Waals surface area contributed by atoms with Gasteiger partial charge in [-0.3, -0.25) is 0 Å². The van der Waals surface area contributed by atoms with Crippen LogP contribution in [0.25, 0.3) is 6.08 Å². The third-order valence-corrected chi connectivity index (χ3v) is 8.61. The van der Waals surface area contributed by atoms with Gasteiger partial charge in [0, 0.05) is 11.6 Å². The fourth-order valence-electron chi connectivity index (χ4n) is 7.63. The van der Waals surface area contributed by atoms with Crippen molar-refractivity contribution in [1.29, 1.82) is 0 Å². The van der Waals surface area contributed by atoms with Gasteiger partial charge in [0.15, 0.2) is 0 Å². The van der Waals surface area contributed by atoms with E-state index in [-0.39, 0.29) is 5.41 Å². The van der Waals surface area contributed by atoms with Crippen molar-refractivity contribution in [2.75, 3.05) is 20.3 Å². The van der Waals surface area contributed by atoms with E-state index in [2.05, 4.69) is 18.2 Å². The number of aliphatic carboxylic acids is 1. The van der Waals surface area contributed by atoms with Crippen LogP contribution in [0.15, 0.2) is 48.5 Å². The number of hydrogen-bond acceptors (Lipinski definition) is 4. The average Bonchev–Trinajstić information content (AvgIpc) is 3.33. The number of methoxy groups -OCH3 is 1. The van der Waals surface area contributed by atoms with E-state index < -0.39 is 11.8 Å². The van der Waals surface area contributed by atoms with Gasteiger partial charge in [0.2, 0.25) is 5.79 Å². The second-order valence-corrected chi connectivity index (χ2v) is 10.7. The summed E-state index contributed by atoms with van der Waals surface area (Å²) in [5.41, 5.74) is 4.30. The van der Waals surface area contributed by atoms with Crippen LogP contribution in [0.3, 0.4) is 0 Å². The van der Waals surface area contributed by atoms with Crippen molar-refractivity contribution in [3.63, 3.8) is 0 Å². The van der Waals surface area contributed by atoms with E-state index in [9.17, 15) is 4.79 Å². The number of rotatable bonds is 6. The third-order valence-electron chi connectivity index (χ3n) is 8.61. The lowest BCUT2D eigenvalue weighted by Gasteiger charge is -2.57. The summed E-state index contributed by atoms with van der Waals surface area (Å²) in [5.74, 6) is 1.39. The van der Waals surface area contributed by atoms with Gasteiger partial charge in [-0.15, -0.1) is 0 Å². The van der Waals surface area contributed by atoms with E-state index in [0.717, 1.165) is 46.3 Å². The summed E-state index contributed by atoms with van der Waals surface area (Å²) in [5, 5.41) is 8.92. The molecular weight excluding hydrogens is 428 g/mol. The first-order valence-corrected chi connectivity index (χ1v) is 12.5. The molecule has 0 aromatic heterocycles. The van der Waals surface area contributed by atoms with Crippen LogP contribution in [0.1, 0.15) is 60.8 Å². The van der Waals surface area contributed by atoms with Crippen LogP contribution >= 0.6 is 0 Å². The van der Waals surface area contributed by atoms with Crippen LogP contribution in [0.2, 0.25) is 0 Å². The SMILES string of the molecule is COc1ccc(C23CC4CC(CC(C4)C2)C3)cc1C1(c2ccc(/C=C/C(=O)O)cc2)OCCO1. The zero-order chi connectivity index (χ0) is 23.3. The van der Waals surface area contributed by atoms with E-state index in [1.54, 1.807) is 13.2 Å². The highest BCUT2D eigenvalue weighted by Gasteiger charge is 2.52. The molecular formula is C29H32O5. The molecule has 0 spiro atoms. The summed E-state index contributed by atoms with van der Waals surface area (Å²) in [6, 6.07) is 14.4. The molecule has 1 aliphatic heterocycles. The molecule has 34 heavy (non-hydrogen) atoms. The first-order chi connectivity index (χ1) is 16.5. The molecule has 5 aliphatic rings. The maximum atomic E-state index is 10.9. The molecule has 4 aliphatic carbocycles. The van der Waals surface area contributed by atoms with Crippen molar-refractivity contribution in [3.8, 4) is 5.75 Å². The molecule has 2 aromatic carbocycles. The quantitative estimate of drug-likeness (QED) is 0.576. The maximum Gasteiger partial charge on any atom is 0.328 e. The Labute approximate surface area is 200 Å². The van der Waals surface area contributed by atoms with Crippen molar-refractivity contribution in [2.45, 2.75) is 49.7 Å². The Morgan fingerprint density at radius 2 is 1.53 bits per heavy atom. The maximum absolute atomic E-state index is 10.9. The Kier molecular flexibility index (Phi) is 5.30. The Morgan fingerprint density at radius 1 is 0.941 bits per heavy atom. The molecule has 1 N–H and O–H groups in total. The Balaban J connectivity index is 1.41. The lowest BCUT2D eigenvalue weighted by molar-refractivity contribution is -0.131. The van der Waals surface area contributed by atoms with Crippen LogP contribution in [0, 0.1) is 17.8 Å². The molecule has 5 heteroatoms. The van der Waals surface area contributed by atoms with Crippen molar-refractivity contribution < 1.29 is 24.1 Å². The van der Waals surface area contributed by atoms with Gasteiger partial charge in [-0.05, 0) is 91.0 Å². The standard InChI is InChI=1S/C29H32O5/c1-32-26-8-7-24(28-16-20-12-21(17-28)14-22(13-20)18-28)15-25(26)29(33-10-11-34-29)23-5-2-19(3-6-23)4-9-27(30)31/h2-9,15,20-22H,10-14,16-18H2,1H3,(H,30,31)/b9-4+. The van der Waals surface area contributed by atoms with Crippen LogP contribution in [0.4, 0.5) is 0 Å². The van der Waals surface area contributed by atoms with Gasteiger partial charge in [0.1, 0.15) is 5.75 Å². The fraction of sp³-hybridized carbons (Fsp3) is 0.483. The monoisotopic (exact) mass is 460 g/mol. The lowest BCUT2D eigenvalue weighted by Crippen LogP contribution is -2.48. The van der Waals surface area contributed by atoms with E-state index in [4.69, 9.17) is 19.3 Å². The first-order valence-electron chi connectivity index (χ1n) is 12.5. The van der Waals surface area contributed by atoms with E-state index >= 15 is 0 Å². The van der Waals surface area contributed by atoms with E-state index in [1.807, 2.05) is 24.3 Å². The molecule has 5 fully saturated rings. The largest absolute Gasteiger partial charge is 0.496 e.